The average molecular weight is 348 g/mol. The molecule has 0 spiro atoms. The van der Waals surface area contributed by atoms with Crippen molar-refractivity contribution in [3.63, 3.8) is 0 Å². The third kappa shape index (κ3) is 2.93. The highest BCUT2D eigenvalue weighted by molar-refractivity contribution is 5.82. The molecule has 0 aliphatic rings. The summed E-state index contributed by atoms with van der Waals surface area (Å²) in [4.78, 5) is 24.4. The number of halogens is 3. The van der Waals surface area contributed by atoms with Crippen LogP contribution in [-0.4, -0.2) is 17.3 Å². The van der Waals surface area contributed by atoms with Crippen LogP contribution in [0.5, 0.6) is 5.75 Å². The second kappa shape index (κ2) is 6.31. The molecule has 0 amide bonds. The largest absolute Gasteiger partial charge is 0.497 e. The van der Waals surface area contributed by atoms with E-state index in [4.69, 9.17) is 4.74 Å². The Labute approximate surface area is 138 Å². The Morgan fingerprint density at radius 1 is 0.800 bits per heavy atom. The van der Waals surface area contributed by atoms with E-state index in [-0.39, 0.29) is 11.1 Å². The zero-order valence-electron chi connectivity index (χ0n) is 12.8. The van der Waals surface area contributed by atoms with Gasteiger partial charge in [0, 0.05) is 12.1 Å². The number of aromatic nitrogens is 2. The van der Waals surface area contributed by atoms with E-state index >= 15 is 0 Å². The van der Waals surface area contributed by atoms with Crippen molar-refractivity contribution in [2.75, 3.05) is 7.11 Å². The summed E-state index contributed by atoms with van der Waals surface area (Å²) >= 11 is 0. The number of benzene rings is 2. The number of hydrogen-bond acceptors (Lipinski definition) is 3. The predicted octanol–water partition coefficient (Wildman–Crippen LogP) is 2.82. The van der Waals surface area contributed by atoms with Gasteiger partial charge in [0.25, 0.3) is 11.1 Å². The maximum Gasteiger partial charge on any atom is 0.271 e. The van der Waals surface area contributed by atoms with Gasteiger partial charge in [-0.3, -0.25) is 19.8 Å². The SMILES string of the molecule is COc1ccc(-c2c(-c3c(F)cc(F)cc3F)c(=O)[nH][nH]c2=O)cc1. The number of hydrogen-bond donors (Lipinski definition) is 2. The van der Waals surface area contributed by atoms with Crippen molar-refractivity contribution in [2.24, 2.45) is 0 Å². The van der Waals surface area contributed by atoms with E-state index < -0.39 is 39.7 Å². The molecule has 0 atom stereocenters. The van der Waals surface area contributed by atoms with Crippen molar-refractivity contribution in [1.82, 2.24) is 10.2 Å². The van der Waals surface area contributed by atoms with Crippen molar-refractivity contribution >= 4 is 0 Å². The molecular weight excluding hydrogens is 337 g/mol. The summed E-state index contributed by atoms with van der Waals surface area (Å²) in [6.45, 7) is 0. The van der Waals surface area contributed by atoms with E-state index in [0.29, 0.717) is 17.9 Å². The highest BCUT2D eigenvalue weighted by atomic mass is 19.1. The fourth-order valence-electron chi connectivity index (χ4n) is 2.52. The van der Waals surface area contributed by atoms with Crippen LogP contribution < -0.4 is 15.9 Å². The first-order chi connectivity index (χ1) is 11.9. The smallest absolute Gasteiger partial charge is 0.271 e. The van der Waals surface area contributed by atoms with Crippen LogP contribution in [0, 0.1) is 17.5 Å². The lowest BCUT2D eigenvalue weighted by molar-refractivity contribution is 0.415. The number of H-pyrrole nitrogens is 2. The van der Waals surface area contributed by atoms with Gasteiger partial charge in [-0.15, -0.1) is 0 Å². The first-order valence-corrected chi connectivity index (χ1v) is 7.06. The molecule has 25 heavy (non-hydrogen) atoms. The lowest BCUT2D eigenvalue weighted by Crippen LogP contribution is -2.24. The molecule has 0 saturated heterocycles. The van der Waals surface area contributed by atoms with Crippen molar-refractivity contribution < 1.29 is 17.9 Å². The highest BCUT2D eigenvalue weighted by Gasteiger charge is 2.23. The van der Waals surface area contributed by atoms with Crippen LogP contribution in [0.1, 0.15) is 0 Å². The number of ether oxygens (including phenoxy) is 1. The van der Waals surface area contributed by atoms with E-state index in [1.54, 1.807) is 0 Å². The molecule has 1 heterocycles. The Hall–Kier alpha value is -3.29. The van der Waals surface area contributed by atoms with Crippen LogP contribution in [0.2, 0.25) is 0 Å². The summed E-state index contributed by atoms with van der Waals surface area (Å²) in [6, 6.07) is 6.86. The lowest BCUT2D eigenvalue weighted by Gasteiger charge is -2.10. The summed E-state index contributed by atoms with van der Waals surface area (Å²) in [6.07, 6.45) is 0. The van der Waals surface area contributed by atoms with Crippen LogP contribution in [0.3, 0.4) is 0 Å². The number of nitrogens with one attached hydrogen (secondary N) is 2. The molecular formula is C17H11F3N2O3. The maximum atomic E-state index is 14.2. The van der Waals surface area contributed by atoms with Gasteiger partial charge >= 0.3 is 0 Å². The summed E-state index contributed by atoms with van der Waals surface area (Å²) in [7, 11) is 1.45. The molecule has 3 aromatic rings. The van der Waals surface area contributed by atoms with E-state index in [0.717, 1.165) is 0 Å². The van der Waals surface area contributed by atoms with Crippen LogP contribution in [0.15, 0.2) is 46.0 Å². The van der Waals surface area contributed by atoms with Crippen molar-refractivity contribution in [1.29, 1.82) is 0 Å². The summed E-state index contributed by atoms with van der Waals surface area (Å²) < 4.78 is 46.5. The predicted molar refractivity (Wildman–Crippen MR) is 85.0 cm³/mol. The first kappa shape index (κ1) is 16.6. The molecule has 0 bridgehead atoms. The maximum absolute atomic E-state index is 14.2. The van der Waals surface area contributed by atoms with E-state index in [1.807, 2.05) is 5.10 Å². The van der Waals surface area contributed by atoms with Gasteiger partial charge in [0.05, 0.1) is 23.8 Å². The van der Waals surface area contributed by atoms with Crippen LogP contribution >= 0.6 is 0 Å². The monoisotopic (exact) mass is 348 g/mol. The minimum Gasteiger partial charge on any atom is -0.497 e. The van der Waals surface area contributed by atoms with E-state index in [1.165, 1.54) is 31.4 Å². The van der Waals surface area contributed by atoms with Crippen molar-refractivity contribution in [2.45, 2.75) is 0 Å². The highest BCUT2D eigenvalue weighted by Crippen LogP contribution is 2.31. The molecule has 0 radical (unpaired) electrons. The molecule has 0 unspecified atom stereocenters. The normalized spacial score (nSPS) is 10.7. The molecule has 5 nitrogen and oxygen atoms in total. The Morgan fingerprint density at radius 2 is 1.32 bits per heavy atom. The molecule has 2 N–H and O–H groups in total. The zero-order chi connectivity index (χ0) is 18.1. The van der Waals surface area contributed by atoms with E-state index in [9.17, 15) is 22.8 Å². The zero-order valence-corrected chi connectivity index (χ0v) is 12.8. The third-order valence-electron chi connectivity index (χ3n) is 3.63. The average Bonchev–Trinajstić information content (AvgIpc) is 2.57. The van der Waals surface area contributed by atoms with Crippen LogP contribution in [0.4, 0.5) is 13.2 Å². The molecule has 0 fully saturated rings. The molecule has 0 aliphatic carbocycles. The molecule has 0 saturated carbocycles. The van der Waals surface area contributed by atoms with Crippen molar-refractivity contribution in [3.8, 4) is 28.0 Å². The Bertz CT molecular complexity index is 1030. The Kier molecular flexibility index (Phi) is 4.18. The molecule has 128 valence electrons. The van der Waals surface area contributed by atoms with Gasteiger partial charge in [-0.05, 0) is 17.7 Å². The topological polar surface area (TPSA) is 75.0 Å². The van der Waals surface area contributed by atoms with E-state index in [2.05, 4.69) is 5.10 Å². The minimum atomic E-state index is -1.29. The Morgan fingerprint density at radius 3 is 1.84 bits per heavy atom. The van der Waals surface area contributed by atoms with Gasteiger partial charge in [-0.2, -0.15) is 0 Å². The second-order valence-corrected chi connectivity index (χ2v) is 5.13. The Balaban J connectivity index is 2.37. The summed E-state index contributed by atoms with van der Waals surface area (Å²) in [5.74, 6) is -3.22. The summed E-state index contributed by atoms with van der Waals surface area (Å²) in [5.41, 5.74) is -2.98. The molecule has 2 aromatic carbocycles. The first-order valence-electron chi connectivity index (χ1n) is 7.06. The third-order valence-corrected chi connectivity index (χ3v) is 3.63. The minimum absolute atomic E-state index is 0.240. The molecule has 0 aliphatic heterocycles. The van der Waals surface area contributed by atoms with Gasteiger partial charge < -0.3 is 4.74 Å². The number of aromatic amines is 2. The molecule has 3 rings (SSSR count). The summed E-state index contributed by atoms with van der Waals surface area (Å²) in [5, 5.41) is 4.14. The molecule has 1 aromatic heterocycles. The van der Waals surface area contributed by atoms with Gasteiger partial charge in [-0.25, -0.2) is 13.2 Å². The fraction of sp³-hybridized carbons (Fsp3) is 0.0588. The number of methoxy groups -OCH3 is 1. The number of rotatable bonds is 3. The quantitative estimate of drug-likeness (QED) is 0.764. The van der Waals surface area contributed by atoms with Gasteiger partial charge in [0.1, 0.15) is 23.2 Å². The van der Waals surface area contributed by atoms with Crippen LogP contribution in [0.25, 0.3) is 22.3 Å². The van der Waals surface area contributed by atoms with Crippen LogP contribution in [-0.2, 0) is 0 Å². The van der Waals surface area contributed by atoms with Gasteiger partial charge in [-0.1, -0.05) is 12.1 Å². The lowest BCUT2D eigenvalue weighted by atomic mass is 9.96. The van der Waals surface area contributed by atoms with Gasteiger partial charge in [0.2, 0.25) is 0 Å². The van der Waals surface area contributed by atoms with Gasteiger partial charge in [0.15, 0.2) is 0 Å². The van der Waals surface area contributed by atoms with Crippen molar-refractivity contribution in [3.05, 3.63) is 74.6 Å². The fourth-order valence-corrected chi connectivity index (χ4v) is 2.52. The molecule has 8 heteroatoms. The standard InChI is InChI=1S/C17H11F3N2O3/c1-25-10-4-2-8(3-5-10)13-15(17(24)22-21-16(13)23)14-11(19)6-9(18)7-12(14)20/h2-7H,1H3,(H,21,23)(H,22,24). The second-order valence-electron chi connectivity index (χ2n) is 5.13.